The van der Waals surface area contributed by atoms with Gasteiger partial charge in [0, 0.05) is 19.0 Å². The smallest absolute Gasteiger partial charge is 0.445 e. The van der Waals surface area contributed by atoms with Gasteiger partial charge in [-0.2, -0.15) is 0 Å². The van der Waals surface area contributed by atoms with Gasteiger partial charge in [-0.1, -0.05) is 12.1 Å². The topological polar surface area (TPSA) is 119 Å². The first-order valence-corrected chi connectivity index (χ1v) is 12.3. The third kappa shape index (κ3) is 5.93. The summed E-state index contributed by atoms with van der Waals surface area (Å²) in [5.74, 6) is -3.16. The number of sulfonamides is 1. The zero-order valence-corrected chi connectivity index (χ0v) is 19.7. The predicted molar refractivity (Wildman–Crippen MR) is 116 cm³/mol. The summed E-state index contributed by atoms with van der Waals surface area (Å²) in [4.78, 5) is 26.9. The Morgan fingerprint density at radius 1 is 1.05 bits per heavy atom. The summed E-state index contributed by atoms with van der Waals surface area (Å²) in [7, 11) is -4.18. The van der Waals surface area contributed by atoms with Gasteiger partial charge in [0.25, 0.3) is 5.91 Å². The van der Waals surface area contributed by atoms with Crippen LogP contribution in [0.2, 0.25) is 0 Å². The monoisotopic (exact) mass is 549 g/mol. The van der Waals surface area contributed by atoms with Gasteiger partial charge in [-0.25, -0.2) is 27.1 Å². The molecule has 0 aliphatic carbocycles. The van der Waals surface area contributed by atoms with E-state index < -0.39 is 68.5 Å². The molecule has 2 saturated heterocycles. The number of rotatable bonds is 5. The zero-order chi connectivity index (χ0) is 27.2. The van der Waals surface area contributed by atoms with E-state index in [1.165, 1.54) is 12.1 Å². The summed E-state index contributed by atoms with van der Waals surface area (Å²) in [5, 5.41) is 4.95. The van der Waals surface area contributed by atoms with Crippen molar-refractivity contribution < 1.29 is 49.4 Å². The fourth-order valence-electron chi connectivity index (χ4n) is 4.32. The van der Waals surface area contributed by atoms with Crippen molar-refractivity contribution in [3.05, 3.63) is 59.4 Å². The molecule has 2 amide bonds. The summed E-state index contributed by atoms with van der Waals surface area (Å²) < 4.78 is 98.2. The molecule has 2 aromatic carbocycles. The molecule has 2 fully saturated rings. The molecule has 2 N–H and O–H groups in total. The van der Waals surface area contributed by atoms with E-state index in [9.17, 15) is 35.6 Å². The van der Waals surface area contributed by atoms with E-state index in [4.69, 9.17) is 9.88 Å². The molecule has 2 atom stereocenters. The van der Waals surface area contributed by atoms with Crippen LogP contribution in [0.3, 0.4) is 0 Å². The van der Waals surface area contributed by atoms with Crippen LogP contribution in [0, 0.1) is 11.7 Å². The first kappa shape index (κ1) is 26.6. The standard InChI is InChI=1S/C22H20F5N3O6S/c23-18-7-16(37(28,33)34)5-6-17(18)19(31)29-8-14-9-30(12-21(14,24)11-29)20(32)35-10-13-1-3-15(4-2-13)36-22(25,26)27/h1-7,14H,8-12H2,(H2,28,33,34)/t14-,21+/m0/s1. The van der Waals surface area contributed by atoms with Crippen LogP contribution in [0.15, 0.2) is 47.4 Å². The van der Waals surface area contributed by atoms with E-state index in [0.717, 1.165) is 34.1 Å². The summed E-state index contributed by atoms with van der Waals surface area (Å²) in [6.45, 7) is -1.27. The molecule has 0 radical (unpaired) electrons. The van der Waals surface area contributed by atoms with E-state index in [2.05, 4.69) is 4.74 Å². The van der Waals surface area contributed by atoms with Crippen LogP contribution in [-0.2, 0) is 21.4 Å². The molecule has 0 bridgehead atoms. The number of hydrogen-bond acceptors (Lipinski definition) is 6. The van der Waals surface area contributed by atoms with Crippen molar-refractivity contribution in [2.75, 3.05) is 26.2 Å². The van der Waals surface area contributed by atoms with E-state index in [1.54, 1.807) is 0 Å². The largest absolute Gasteiger partial charge is 0.573 e. The lowest BCUT2D eigenvalue weighted by molar-refractivity contribution is -0.274. The van der Waals surface area contributed by atoms with Crippen LogP contribution in [-0.4, -0.2) is 68.4 Å². The highest BCUT2D eigenvalue weighted by molar-refractivity contribution is 7.89. The molecule has 15 heteroatoms. The molecule has 2 aliphatic rings. The summed E-state index contributed by atoms with van der Waals surface area (Å²) in [6, 6.07) is 7.22. The number of hydrogen-bond donors (Lipinski definition) is 1. The minimum Gasteiger partial charge on any atom is -0.445 e. The van der Waals surface area contributed by atoms with Crippen molar-refractivity contribution in [1.82, 2.24) is 9.80 Å². The van der Waals surface area contributed by atoms with E-state index in [-0.39, 0.29) is 26.2 Å². The second-order valence-corrected chi connectivity index (χ2v) is 10.3. The van der Waals surface area contributed by atoms with Crippen molar-refractivity contribution in [1.29, 1.82) is 0 Å². The lowest BCUT2D eigenvalue weighted by Crippen LogP contribution is -2.40. The van der Waals surface area contributed by atoms with Gasteiger partial charge >= 0.3 is 12.5 Å². The Kier molecular flexibility index (Phi) is 6.79. The van der Waals surface area contributed by atoms with Gasteiger partial charge in [-0.3, -0.25) is 4.79 Å². The molecule has 200 valence electrons. The molecule has 37 heavy (non-hydrogen) atoms. The van der Waals surface area contributed by atoms with E-state index >= 15 is 4.39 Å². The number of likely N-dealkylation sites (tertiary alicyclic amines) is 2. The Bertz CT molecular complexity index is 1320. The number of fused-ring (bicyclic) bond motifs is 1. The number of nitrogens with two attached hydrogens (primary N) is 1. The number of carbonyl (C=O) groups excluding carboxylic acids is 2. The molecular weight excluding hydrogens is 529 g/mol. The van der Waals surface area contributed by atoms with Gasteiger partial charge in [-0.05, 0) is 35.9 Å². The van der Waals surface area contributed by atoms with Gasteiger partial charge < -0.3 is 19.3 Å². The van der Waals surface area contributed by atoms with E-state index in [0.29, 0.717) is 11.6 Å². The van der Waals surface area contributed by atoms with Crippen molar-refractivity contribution in [3.63, 3.8) is 0 Å². The minimum atomic E-state index is -4.84. The van der Waals surface area contributed by atoms with Gasteiger partial charge in [0.2, 0.25) is 10.0 Å². The molecule has 9 nitrogen and oxygen atoms in total. The average Bonchev–Trinajstić information content (AvgIpc) is 3.28. The molecule has 0 saturated carbocycles. The molecule has 2 aliphatic heterocycles. The minimum absolute atomic E-state index is 0.0791. The Balaban J connectivity index is 1.32. The summed E-state index contributed by atoms with van der Waals surface area (Å²) in [5.41, 5.74) is -2.04. The zero-order valence-electron chi connectivity index (χ0n) is 18.9. The third-order valence-electron chi connectivity index (χ3n) is 6.08. The second kappa shape index (κ2) is 9.45. The number of benzene rings is 2. The normalized spacial score (nSPS) is 21.6. The summed E-state index contributed by atoms with van der Waals surface area (Å²) in [6.07, 6.45) is -5.68. The van der Waals surface area contributed by atoms with Crippen LogP contribution in [0.5, 0.6) is 5.75 Å². The van der Waals surface area contributed by atoms with Crippen LogP contribution in [0.1, 0.15) is 15.9 Å². The van der Waals surface area contributed by atoms with Gasteiger partial charge in [0.15, 0.2) is 5.67 Å². The lowest BCUT2D eigenvalue weighted by Gasteiger charge is -2.23. The first-order chi connectivity index (χ1) is 17.1. The third-order valence-corrected chi connectivity index (χ3v) is 7.00. The SMILES string of the molecule is NS(=O)(=O)c1ccc(C(=O)N2C[C@H]3CN(C(=O)OCc4ccc(OC(F)(F)F)cc4)C[C@]3(F)C2)c(F)c1. The van der Waals surface area contributed by atoms with Crippen LogP contribution < -0.4 is 9.88 Å². The number of ether oxygens (including phenoxy) is 2. The number of halogens is 5. The van der Waals surface area contributed by atoms with Crippen molar-refractivity contribution >= 4 is 22.0 Å². The Hall–Kier alpha value is -3.46. The number of amides is 2. The highest BCUT2D eigenvalue weighted by atomic mass is 32.2. The van der Waals surface area contributed by atoms with Gasteiger partial charge in [0.05, 0.1) is 23.5 Å². The number of carbonyl (C=O) groups is 2. The van der Waals surface area contributed by atoms with Crippen molar-refractivity contribution in [3.8, 4) is 5.75 Å². The number of primary sulfonamides is 1. The van der Waals surface area contributed by atoms with Crippen LogP contribution in [0.4, 0.5) is 26.7 Å². The molecule has 2 heterocycles. The highest BCUT2D eigenvalue weighted by Gasteiger charge is 2.56. The molecule has 0 unspecified atom stereocenters. The Labute approximate surface area is 207 Å². The van der Waals surface area contributed by atoms with Gasteiger partial charge in [-0.15, -0.1) is 13.2 Å². The Morgan fingerprint density at radius 3 is 2.24 bits per heavy atom. The molecule has 2 aromatic rings. The lowest BCUT2D eigenvalue weighted by atomic mass is 9.97. The van der Waals surface area contributed by atoms with Crippen LogP contribution in [0.25, 0.3) is 0 Å². The number of nitrogens with zero attached hydrogens (tertiary/aromatic N) is 2. The maximum Gasteiger partial charge on any atom is 0.573 e. The quantitative estimate of drug-likeness (QED) is 0.573. The number of alkyl halides is 4. The summed E-state index contributed by atoms with van der Waals surface area (Å²) >= 11 is 0. The Morgan fingerprint density at radius 2 is 1.68 bits per heavy atom. The maximum absolute atomic E-state index is 15.6. The average molecular weight is 549 g/mol. The van der Waals surface area contributed by atoms with Crippen molar-refractivity contribution in [2.45, 2.75) is 23.5 Å². The molecule has 4 rings (SSSR count). The maximum atomic E-state index is 15.6. The van der Waals surface area contributed by atoms with Crippen molar-refractivity contribution in [2.24, 2.45) is 11.1 Å². The molecule has 0 aromatic heterocycles. The highest BCUT2D eigenvalue weighted by Crippen LogP contribution is 2.39. The molecular formula is C22H20F5N3O6S. The fourth-order valence-corrected chi connectivity index (χ4v) is 4.85. The van der Waals surface area contributed by atoms with Crippen LogP contribution >= 0.6 is 0 Å². The second-order valence-electron chi connectivity index (χ2n) is 8.73. The van der Waals surface area contributed by atoms with E-state index in [1.807, 2.05) is 0 Å². The molecule has 0 spiro atoms. The predicted octanol–water partition coefficient (Wildman–Crippen LogP) is 2.80. The van der Waals surface area contributed by atoms with Gasteiger partial charge in [0.1, 0.15) is 18.2 Å². The first-order valence-electron chi connectivity index (χ1n) is 10.7. The fraction of sp³-hybridized carbons (Fsp3) is 0.364.